The van der Waals surface area contributed by atoms with Crippen LogP contribution in [0.4, 0.5) is 0 Å². The van der Waals surface area contributed by atoms with Gasteiger partial charge in [0.25, 0.3) is 0 Å². The molecule has 0 aromatic heterocycles. The van der Waals surface area contributed by atoms with Crippen molar-refractivity contribution in [3.05, 3.63) is 0 Å². The molecule has 0 aromatic carbocycles. The summed E-state index contributed by atoms with van der Waals surface area (Å²) in [6.07, 6.45) is 0.441. The maximum Gasteiger partial charge on any atom is 0.229 e. The van der Waals surface area contributed by atoms with Gasteiger partial charge in [0.05, 0.1) is 12.9 Å². The topological polar surface area (TPSA) is 55.8 Å². The number of hydrogen-bond donors (Lipinski definition) is 2. The molecule has 0 saturated heterocycles. The highest BCUT2D eigenvalue weighted by molar-refractivity contribution is 7.59. The van der Waals surface area contributed by atoms with Crippen LogP contribution in [-0.2, 0) is 4.57 Å². The lowest BCUT2D eigenvalue weighted by Crippen LogP contribution is -2.37. The Bertz CT molecular complexity index is 215. The molecule has 0 bridgehead atoms. The van der Waals surface area contributed by atoms with Crippen molar-refractivity contribution in [3.8, 4) is 0 Å². The van der Waals surface area contributed by atoms with E-state index in [4.69, 9.17) is 5.11 Å². The second-order valence-electron chi connectivity index (χ2n) is 3.82. The fraction of sp³-hybridized carbons (Fsp3) is 1.00. The molecule has 0 spiro atoms. The zero-order chi connectivity index (χ0) is 13.3. The number of nitrogens with zero attached hydrogens (tertiary/aromatic N) is 2. The highest BCUT2D eigenvalue weighted by Crippen LogP contribution is 2.51. The van der Waals surface area contributed by atoms with E-state index in [1.165, 1.54) is 0 Å². The Kier molecular flexibility index (Phi) is 9.10. The largest absolute Gasteiger partial charge is 0.395 e. The van der Waals surface area contributed by atoms with Crippen LogP contribution in [0, 0.1) is 0 Å². The minimum absolute atomic E-state index is 0.0799. The Morgan fingerprint density at radius 2 is 1.41 bits per heavy atom. The maximum atomic E-state index is 13.1. The second-order valence-corrected chi connectivity index (χ2v) is 6.60. The molecule has 6 heteroatoms. The van der Waals surface area contributed by atoms with Gasteiger partial charge in [-0.1, -0.05) is 27.7 Å². The Morgan fingerprint density at radius 1 is 1.00 bits per heavy atom. The lowest BCUT2D eigenvalue weighted by Gasteiger charge is -2.37. The molecule has 0 unspecified atom stereocenters. The number of aliphatic hydroxyl groups is 1. The van der Waals surface area contributed by atoms with Crippen LogP contribution < -0.4 is 5.32 Å². The monoisotopic (exact) mass is 265 g/mol. The number of nitrogens with one attached hydrogen (secondary N) is 1. The fourth-order valence-corrected chi connectivity index (χ4v) is 4.99. The van der Waals surface area contributed by atoms with E-state index in [-0.39, 0.29) is 6.61 Å². The summed E-state index contributed by atoms with van der Waals surface area (Å²) in [6, 6.07) is 0. The minimum atomic E-state index is -2.52. The first-order chi connectivity index (χ1) is 8.10. The molecular formula is C11H28N3O2P. The van der Waals surface area contributed by atoms with E-state index in [2.05, 4.69) is 5.32 Å². The summed E-state index contributed by atoms with van der Waals surface area (Å²) >= 11 is 0. The SMILES string of the molecule is CCN(CC)P(=O)(CNCCO)N(CC)CC. The highest BCUT2D eigenvalue weighted by Gasteiger charge is 2.33. The van der Waals surface area contributed by atoms with E-state index >= 15 is 0 Å². The Hall–Kier alpha value is 0.0700. The molecule has 0 aliphatic carbocycles. The predicted octanol–water partition coefficient (Wildman–Crippen LogP) is 1.40. The van der Waals surface area contributed by atoms with Crippen LogP contribution in [0.1, 0.15) is 27.7 Å². The van der Waals surface area contributed by atoms with Crippen molar-refractivity contribution < 1.29 is 9.67 Å². The fourth-order valence-electron chi connectivity index (χ4n) is 2.01. The van der Waals surface area contributed by atoms with Gasteiger partial charge in [0.2, 0.25) is 7.44 Å². The van der Waals surface area contributed by atoms with Gasteiger partial charge in [-0.2, -0.15) is 0 Å². The average molecular weight is 265 g/mol. The van der Waals surface area contributed by atoms with Crippen LogP contribution in [0.2, 0.25) is 0 Å². The molecule has 0 atom stereocenters. The van der Waals surface area contributed by atoms with Crippen molar-refractivity contribution in [1.82, 2.24) is 14.7 Å². The van der Waals surface area contributed by atoms with Gasteiger partial charge in [-0.25, -0.2) is 9.34 Å². The first-order valence-corrected chi connectivity index (χ1v) is 8.31. The normalized spacial score (nSPS) is 12.6. The van der Waals surface area contributed by atoms with Gasteiger partial charge in [0.15, 0.2) is 0 Å². The van der Waals surface area contributed by atoms with Crippen molar-refractivity contribution >= 4 is 7.44 Å². The van der Waals surface area contributed by atoms with E-state index in [0.29, 0.717) is 12.8 Å². The van der Waals surface area contributed by atoms with E-state index < -0.39 is 7.44 Å². The number of aliphatic hydroxyl groups excluding tert-OH is 1. The van der Waals surface area contributed by atoms with Crippen LogP contribution in [0.3, 0.4) is 0 Å². The molecule has 0 amide bonds. The lowest BCUT2D eigenvalue weighted by molar-refractivity contribution is 0.292. The molecule has 0 saturated carbocycles. The Balaban J connectivity index is 4.84. The smallest absolute Gasteiger partial charge is 0.229 e. The quantitative estimate of drug-likeness (QED) is 0.462. The Labute approximate surface area is 106 Å². The molecule has 0 radical (unpaired) electrons. The maximum absolute atomic E-state index is 13.1. The van der Waals surface area contributed by atoms with Crippen molar-refractivity contribution in [3.63, 3.8) is 0 Å². The summed E-state index contributed by atoms with van der Waals surface area (Å²) in [5.41, 5.74) is 0. The van der Waals surface area contributed by atoms with Gasteiger partial charge in [-0.15, -0.1) is 0 Å². The van der Waals surface area contributed by atoms with Gasteiger partial charge in [0.1, 0.15) is 0 Å². The minimum Gasteiger partial charge on any atom is -0.395 e. The van der Waals surface area contributed by atoms with Crippen molar-refractivity contribution in [2.24, 2.45) is 0 Å². The van der Waals surface area contributed by atoms with Crippen molar-refractivity contribution in [2.75, 3.05) is 45.6 Å². The van der Waals surface area contributed by atoms with Crippen molar-refractivity contribution in [1.29, 1.82) is 0 Å². The van der Waals surface area contributed by atoms with Crippen LogP contribution in [0.15, 0.2) is 0 Å². The summed E-state index contributed by atoms with van der Waals surface area (Å²) in [6.45, 7) is 11.8. The highest BCUT2D eigenvalue weighted by atomic mass is 31.2. The second kappa shape index (κ2) is 9.06. The van der Waals surface area contributed by atoms with Gasteiger partial charge < -0.3 is 10.4 Å². The first kappa shape index (κ1) is 17.1. The van der Waals surface area contributed by atoms with Crippen molar-refractivity contribution in [2.45, 2.75) is 27.7 Å². The van der Waals surface area contributed by atoms with E-state index in [1.807, 2.05) is 37.0 Å². The molecule has 0 fully saturated rings. The lowest BCUT2D eigenvalue weighted by atomic mass is 10.7. The van der Waals surface area contributed by atoms with Crippen LogP contribution in [-0.4, -0.2) is 60.1 Å². The molecule has 5 nitrogen and oxygen atoms in total. The first-order valence-electron chi connectivity index (χ1n) is 6.52. The molecule has 0 aliphatic rings. The number of rotatable bonds is 10. The summed E-state index contributed by atoms with van der Waals surface area (Å²) < 4.78 is 17.2. The standard InChI is InChI=1S/C11H28N3O2P/c1-5-13(6-2)17(16,11-12-9-10-15)14(7-3)8-4/h12,15H,5-11H2,1-4H3. The molecule has 0 aliphatic heterocycles. The molecule has 0 aromatic rings. The third kappa shape index (κ3) is 4.68. The van der Waals surface area contributed by atoms with Gasteiger partial charge >= 0.3 is 0 Å². The van der Waals surface area contributed by atoms with Gasteiger partial charge in [-0.3, -0.25) is 4.57 Å². The molecule has 17 heavy (non-hydrogen) atoms. The zero-order valence-electron chi connectivity index (χ0n) is 11.6. The summed E-state index contributed by atoms with van der Waals surface area (Å²) in [4.78, 5) is 0. The van der Waals surface area contributed by atoms with Crippen LogP contribution in [0.5, 0.6) is 0 Å². The molecule has 0 rings (SSSR count). The third-order valence-corrected chi connectivity index (χ3v) is 6.49. The summed E-state index contributed by atoms with van der Waals surface area (Å²) in [7, 11) is -2.52. The summed E-state index contributed by atoms with van der Waals surface area (Å²) in [5.74, 6) is 0. The predicted molar refractivity (Wildman–Crippen MR) is 73.4 cm³/mol. The van der Waals surface area contributed by atoms with Gasteiger partial charge in [-0.05, 0) is 0 Å². The average Bonchev–Trinajstić information content (AvgIpc) is 2.32. The van der Waals surface area contributed by atoms with E-state index in [0.717, 1.165) is 26.2 Å². The molecule has 104 valence electrons. The van der Waals surface area contributed by atoms with Gasteiger partial charge in [0, 0.05) is 32.7 Å². The molecular weight excluding hydrogens is 237 g/mol. The zero-order valence-corrected chi connectivity index (χ0v) is 12.5. The van der Waals surface area contributed by atoms with E-state index in [9.17, 15) is 4.57 Å². The van der Waals surface area contributed by atoms with E-state index in [1.54, 1.807) is 0 Å². The third-order valence-electron chi connectivity index (χ3n) is 2.95. The molecule has 2 N–H and O–H groups in total. The van der Waals surface area contributed by atoms with Crippen LogP contribution in [0.25, 0.3) is 0 Å². The number of hydrogen-bond acceptors (Lipinski definition) is 3. The van der Waals surface area contributed by atoms with Crippen LogP contribution >= 0.6 is 7.44 Å². The Morgan fingerprint density at radius 3 is 1.71 bits per heavy atom. The molecule has 0 heterocycles. The summed E-state index contributed by atoms with van der Waals surface area (Å²) in [5, 5.41) is 11.9.